The van der Waals surface area contributed by atoms with E-state index in [4.69, 9.17) is 17.0 Å². The van der Waals surface area contributed by atoms with Gasteiger partial charge in [-0.2, -0.15) is 0 Å². The molecular formula is C19H20N2O2S2. The van der Waals surface area contributed by atoms with Crippen molar-refractivity contribution in [3.63, 3.8) is 0 Å². The lowest BCUT2D eigenvalue weighted by Crippen LogP contribution is -2.27. The van der Waals surface area contributed by atoms with Gasteiger partial charge in [-0.3, -0.25) is 9.69 Å². The summed E-state index contributed by atoms with van der Waals surface area (Å²) in [5.74, 6) is 0.805. The van der Waals surface area contributed by atoms with Crippen LogP contribution in [0.1, 0.15) is 23.9 Å². The van der Waals surface area contributed by atoms with Crippen LogP contribution in [0.5, 0.6) is 5.75 Å². The molecule has 6 heteroatoms. The summed E-state index contributed by atoms with van der Waals surface area (Å²) >= 11 is 6.65. The van der Waals surface area contributed by atoms with E-state index < -0.39 is 0 Å². The summed E-state index contributed by atoms with van der Waals surface area (Å²) in [5.41, 5.74) is 4.24. The van der Waals surface area contributed by atoms with Crippen molar-refractivity contribution in [2.45, 2.75) is 20.8 Å². The molecule has 2 aromatic rings. The number of benzene rings is 1. The summed E-state index contributed by atoms with van der Waals surface area (Å²) in [6.07, 6.45) is 1.94. The van der Waals surface area contributed by atoms with Crippen molar-refractivity contribution in [1.29, 1.82) is 0 Å². The lowest BCUT2D eigenvalue weighted by molar-refractivity contribution is -0.121. The Bertz CT molecular complexity index is 884. The summed E-state index contributed by atoms with van der Waals surface area (Å²) < 4.78 is 8.11. The molecule has 0 saturated carbocycles. The van der Waals surface area contributed by atoms with Crippen molar-refractivity contribution in [1.82, 2.24) is 9.47 Å². The van der Waals surface area contributed by atoms with Crippen LogP contribution in [0.3, 0.4) is 0 Å². The number of carbonyl (C=O) groups excluding carboxylic acids is 1. The standard InChI is InChI=1S/C19H20N2O2S2/c1-5-20-18(22)17(25-19(20)24)10-14-9-12(2)21(13(14)3)15-7-6-8-16(11-15)23-4/h6-11H,5H2,1-4H3. The number of aryl methyl sites for hydroxylation is 1. The minimum Gasteiger partial charge on any atom is -0.497 e. The van der Waals surface area contributed by atoms with Gasteiger partial charge in [0.2, 0.25) is 0 Å². The highest BCUT2D eigenvalue weighted by atomic mass is 32.2. The van der Waals surface area contributed by atoms with Crippen molar-refractivity contribution in [2.75, 3.05) is 13.7 Å². The number of likely N-dealkylation sites (N-methyl/N-ethyl adjacent to an activating group) is 1. The lowest BCUT2D eigenvalue weighted by Gasteiger charge is -2.11. The van der Waals surface area contributed by atoms with Crippen LogP contribution in [0.4, 0.5) is 0 Å². The molecule has 0 bridgehead atoms. The second-order valence-electron chi connectivity index (χ2n) is 5.79. The van der Waals surface area contributed by atoms with Crippen molar-refractivity contribution in [3.8, 4) is 11.4 Å². The summed E-state index contributed by atoms with van der Waals surface area (Å²) in [6.45, 7) is 6.65. The monoisotopic (exact) mass is 372 g/mol. The number of amides is 1. The van der Waals surface area contributed by atoms with Gasteiger partial charge in [-0.1, -0.05) is 30.0 Å². The van der Waals surface area contributed by atoms with E-state index in [0.29, 0.717) is 15.8 Å². The number of nitrogens with zero attached hydrogens (tertiary/aromatic N) is 2. The molecular weight excluding hydrogens is 352 g/mol. The lowest BCUT2D eigenvalue weighted by atomic mass is 10.2. The Morgan fingerprint density at radius 2 is 2.04 bits per heavy atom. The molecule has 0 unspecified atom stereocenters. The SMILES string of the molecule is CCN1C(=O)C(=Cc2cc(C)n(-c3cccc(OC)c3)c2C)SC1=S. The third-order valence-electron chi connectivity index (χ3n) is 4.26. The molecule has 2 heterocycles. The van der Waals surface area contributed by atoms with Crippen LogP contribution in [0.25, 0.3) is 11.8 Å². The molecule has 4 nitrogen and oxygen atoms in total. The van der Waals surface area contributed by atoms with Crippen molar-refractivity contribution in [2.24, 2.45) is 0 Å². The Morgan fingerprint density at radius 3 is 2.68 bits per heavy atom. The molecule has 1 fully saturated rings. The van der Waals surface area contributed by atoms with Crippen LogP contribution >= 0.6 is 24.0 Å². The van der Waals surface area contributed by atoms with E-state index in [1.165, 1.54) is 11.8 Å². The summed E-state index contributed by atoms with van der Waals surface area (Å²) in [5, 5.41) is 0. The number of ether oxygens (including phenoxy) is 1. The molecule has 0 spiro atoms. The average Bonchev–Trinajstić information content (AvgIpc) is 3.03. The fourth-order valence-corrected chi connectivity index (χ4v) is 4.37. The van der Waals surface area contributed by atoms with Crippen molar-refractivity contribution < 1.29 is 9.53 Å². The summed E-state index contributed by atoms with van der Waals surface area (Å²) in [6, 6.07) is 10.0. The fraction of sp³-hybridized carbons (Fsp3) is 0.263. The summed E-state index contributed by atoms with van der Waals surface area (Å²) in [7, 11) is 1.66. The van der Waals surface area contributed by atoms with Gasteiger partial charge in [0.15, 0.2) is 0 Å². The third kappa shape index (κ3) is 3.24. The van der Waals surface area contributed by atoms with Gasteiger partial charge < -0.3 is 9.30 Å². The molecule has 0 radical (unpaired) electrons. The average molecular weight is 373 g/mol. The minimum absolute atomic E-state index is 0.0105. The Hall–Kier alpha value is -2.05. The fourth-order valence-electron chi connectivity index (χ4n) is 2.99. The van der Waals surface area contributed by atoms with Gasteiger partial charge in [-0.15, -0.1) is 0 Å². The van der Waals surface area contributed by atoms with Crippen LogP contribution in [0, 0.1) is 13.8 Å². The number of methoxy groups -OCH3 is 1. The predicted octanol–water partition coefficient (Wildman–Crippen LogP) is 4.32. The molecule has 1 aromatic heterocycles. The first-order valence-electron chi connectivity index (χ1n) is 8.05. The largest absolute Gasteiger partial charge is 0.497 e. The van der Waals surface area contributed by atoms with Crippen LogP contribution in [-0.2, 0) is 4.79 Å². The van der Waals surface area contributed by atoms with E-state index in [0.717, 1.165) is 28.4 Å². The van der Waals surface area contributed by atoms with Crippen LogP contribution in [0.15, 0.2) is 35.2 Å². The van der Waals surface area contributed by atoms with Gasteiger partial charge in [-0.05, 0) is 50.6 Å². The zero-order valence-corrected chi connectivity index (χ0v) is 16.3. The predicted molar refractivity (Wildman–Crippen MR) is 107 cm³/mol. The second-order valence-corrected chi connectivity index (χ2v) is 7.47. The molecule has 25 heavy (non-hydrogen) atoms. The number of hydrogen-bond donors (Lipinski definition) is 0. The van der Waals surface area contributed by atoms with Gasteiger partial charge in [0.25, 0.3) is 5.91 Å². The topological polar surface area (TPSA) is 34.5 Å². The van der Waals surface area contributed by atoms with Crippen molar-refractivity contribution >= 4 is 40.3 Å². The Labute approximate surface area is 157 Å². The highest BCUT2D eigenvalue weighted by Gasteiger charge is 2.30. The third-order valence-corrected chi connectivity index (χ3v) is 5.64. The van der Waals surface area contributed by atoms with Crippen LogP contribution in [-0.4, -0.2) is 33.3 Å². The number of rotatable bonds is 4. The Balaban J connectivity index is 2.02. The van der Waals surface area contributed by atoms with Gasteiger partial charge in [0.1, 0.15) is 10.1 Å². The number of aromatic nitrogens is 1. The van der Waals surface area contributed by atoms with Crippen LogP contribution in [0.2, 0.25) is 0 Å². The molecule has 1 aliphatic rings. The van der Waals surface area contributed by atoms with E-state index in [1.54, 1.807) is 12.0 Å². The van der Waals surface area contributed by atoms with Gasteiger partial charge >= 0.3 is 0 Å². The maximum absolute atomic E-state index is 12.4. The smallest absolute Gasteiger partial charge is 0.266 e. The number of hydrogen-bond acceptors (Lipinski definition) is 4. The maximum Gasteiger partial charge on any atom is 0.266 e. The molecule has 0 N–H and O–H groups in total. The van der Waals surface area contributed by atoms with E-state index >= 15 is 0 Å². The Kier molecular flexibility index (Phi) is 5.01. The Morgan fingerprint density at radius 1 is 1.28 bits per heavy atom. The van der Waals surface area contributed by atoms with E-state index in [2.05, 4.69) is 24.5 Å². The van der Waals surface area contributed by atoms with Gasteiger partial charge in [0, 0.05) is 29.7 Å². The molecule has 1 saturated heterocycles. The molecule has 0 aliphatic carbocycles. The molecule has 1 aromatic carbocycles. The maximum atomic E-state index is 12.4. The summed E-state index contributed by atoms with van der Waals surface area (Å²) in [4.78, 5) is 14.7. The number of thioether (sulfide) groups is 1. The van der Waals surface area contributed by atoms with Crippen molar-refractivity contribution in [3.05, 3.63) is 52.2 Å². The van der Waals surface area contributed by atoms with Crippen LogP contribution < -0.4 is 4.74 Å². The number of thiocarbonyl (C=S) groups is 1. The molecule has 1 aliphatic heterocycles. The molecule has 0 atom stereocenters. The second kappa shape index (κ2) is 7.06. The minimum atomic E-state index is -0.0105. The first-order valence-corrected chi connectivity index (χ1v) is 9.27. The zero-order valence-electron chi connectivity index (χ0n) is 14.7. The first kappa shape index (κ1) is 17.8. The van der Waals surface area contributed by atoms with E-state index in [1.807, 2.05) is 37.3 Å². The first-order chi connectivity index (χ1) is 12.0. The van der Waals surface area contributed by atoms with E-state index in [-0.39, 0.29) is 5.91 Å². The van der Waals surface area contributed by atoms with Gasteiger partial charge in [-0.25, -0.2) is 0 Å². The van der Waals surface area contributed by atoms with Gasteiger partial charge in [0.05, 0.1) is 12.0 Å². The number of carbonyl (C=O) groups is 1. The quantitative estimate of drug-likeness (QED) is 0.591. The normalized spacial score (nSPS) is 16.2. The molecule has 3 rings (SSSR count). The zero-order chi connectivity index (χ0) is 18.1. The molecule has 1 amide bonds. The highest BCUT2D eigenvalue weighted by molar-refractivity contribution is 8.26. The highest BCUT2D eigenvalue weighted by Crippen LogP contribution is 2.34. The van der Waals surface area contributed by atoms with E-state index in [9.17, 15) is 4.79 Å². The molecule has 130 valence electrons.